The first-order chi connectivity index (χ1) is 11.4. The van der Waals surface area contributed by atoms with Gasteiger partial charge in [-0.05, 0) is 49.3 Å². The Morgan fingerprint density at radius 3 is 2.12 bits per heavy atom. The smallest absolute Gasteiger partial charge is 0.220 e. The van der Waals surface area contributed by atoms with Crippen LogP contribution >= 0.6 is 24.4 Å². The first kappa shape index (κ1) is 20.3. The zero-order valence-electron chi connectivity index (χ0n) is 14.4. The van der Waals surface area contributed by atoms with Crippen LogP contribution in [-0.2, 0) is 4.79 Å². The molecular weight excluding hydrogens is 340 g/mol. The molecule has 0 saturated heterocycles. The zero-order chi connectivity index (χ0) is 17.9. The largest absolute Gasteiger partial charge is 0.361 e. The number of amides is 1. The van der Waals surface area contributed by atoms with E-state index < -0.39 is 0 Å². The molecule has 132 valence electrons. The summed E-state index contributed by atoms with van der Waals surface area (Å²) in [6, 6.07) is 7.69. The Bertz CT molecular complexity index is 560. The van der Waals surface area contributed by atoms with E-state index in [1.165, 1.54) is 0 Å². The van der Waals surface area contributed by atoms with E-state index in [0.717, 1.165) is 22.8 Å². The molecule has 0 aromatic heterocycles. The predicted molar refractivity (Wildman–Crippen MR) is 110 cm³/mol. The molecule has 24 heavy (non-hydrogen) atoms. The number of hydrogen-bond acceptors (Lipinski definition) is 3. The molecule has 1 amide bonds. The number of hydrogen-bond donors (Lipinski definition) is 4. The van der Waals surface area contributed by atoms with Gasteiger partial charge in [0.1, 0.15) is 0 Å². The summed E-state index contributed by atoms with van der Waals surface area (Å²) in [4.78, 5) is 12.4. The van der Waals surface area contributed by atoms with Crippen molar-refractivity contribution in [2.24, 2.45) is 5.92 Å². The summed E-state index contributed by atoms with van der Waals surface area (Å²) in [5.74, 6) is 0.502. The van der Waals surface area contributed by atoms with Crippen molar-refractivity contribution in [3.63, 3.8) is 0 Å². The summed E-state index contributed by atoms with van der Waals surface area (Å²) in [5, 5.41) is 12.6. The molecule has 4 N–H and O–H groups in total. The second-order valence-electron chi connectivity index (χ2n) is 5.71. The van der Waals surface area contributed by atoms with E-state index in [4.69, 9.17) is 24.4 Å². The van der Waals surface area contributed by atoms with Crippen LogP contribution in [0, 0.1) is 5.92 Å². The van der Waals surface area contributed by atoms with Gasteiger partial charge in [0.25, 0.3) is 0 Å². The average molecular weight is 367 g/mol. The molecule has 0 aliphatic carbocycles. The maximum absolute atomic E-state index is 11.7. The standard InChI is InChI=1S/C17H26N4OS2/c1-4-12(2)11-16(22)18-9-10-19-17(24)21-15-7-5-14(6-8-15)20-13(3)23/h5-8,12H,4,9-11H2,1-3H3,(H,18,22)(H,20,23)(H2,19,21,24)/t12-/m0/s1. The molecule has 0 spiro atoms. The lowest BCUT2D eigenvalue weighted by atomic mass is 10.1. The van der Waals surface area contributed by atoms with Gasteiger partial charge >= 0.3 is 0 Å². The first-order valence-electron chi connectivity index (χ1n) is 8.10. The van der Waals surface area contributed by atoms with E-state index in [2.05, 4.69) is 35.1 Å². The van der Waals surface area contributed by atoms with E-state index in [9.17, 15) is 4.79 Å². The zero-order valence-corrected chi connectivity index (χ0v) is 16.1. The van der Waals surface area contributed by atoms with Gasteiger partial charge in [-0.25, -0.2) is 0 Å². The fourth-order valence-electron chi connectivity index (χ4n) is 1.93. The number of anilines is 2. The minimum absolute atomic E-state index is 0.0851. The predicted octanol–water partition coefficient (Wildman–Crippen LogP) is 3.28. The van der Waals surface area contributed by atoms with E-state index in [1.807, 2.05) is 31.2 Å². The van der Waals surface area contributed by atoms with E-state index in [-0.39, 0.29) is 5.91 Å². The molecule has 0 aliphatic heterocycles. The number of rotatable bonds is 8. The highest BCUT2D eigenvalue weighted by Crippen LogP contribution is 2.13. The number of carbonyl (C=O) groups excluding carboxylic acids is 1. The minimum Gasteiger partial charge on any atom is -0.361 e. The summed E-state index contributed by atoms with van der Waals surface area (Å²) in [6.07, 6.45) is 1.58. The molecule has 0 heterocycles. The second kappa shape index (κ2) is 10.9. The van der Waals surface area contributed by atoms with Crippen LogP contribution in [0.2, 0.25) is 0 Å². The maximum atomic E-state index is 11.7. The van der Waals surface area contributed by atoms with Crippen LogP contribution in [0.15, 0.2) is 24.3 Å². The molecule has 5 nitrogen and oxygen atoms in total. The minimum atomic E-state index is 0.0851. The van der Waals surface area contributed by atoms with Crippen molar-refractivity contribution in [1.29, 1.82) is 0 Å². The first-order valence-corrected chi connectivity index (χ1v) is 8.91. The molecule has 7 heteroatoms. The molecule has 1 aromatic rings. The third-order valence-corrected chi connectivity index (χ3v) is 3.78. The molecule has 1 atom stereocenters. The Morgan fingerprint density at radius 1 is 1.04 bits per heavy atom. The van der Waals surface area contributed by atoms with E-state index in [0.29, 0.717) is 30.5 Å². The van der Waals surface area contributed by atoms with Crippen LogP contribution in [0.3, 0.4) is 0 Å². The van der Waals surface area contributed by atoms with Crippen LogP contribution in [-0.4, -0.2) is 29.1 Å². The molecular formula is C17H26N4OS2. The van der Waals surface area contributed by atoms with Crippen LogP contribution in [0.1, 0.15) is 33.6 Å². The van der Waals surface area contributed by atoms with Crippen molar-refractivity contribution in [2.45, 2.75) is 33.6 Å². The lowest BCUT2D eigenvalue weighted by molar-refractivity contribution is -0.121. The lowest BCUT2D eigenvalue weighted by Crippen LogP contribution is -2.37. The van der Waals surface area contributed by atoms with Gasteiger partial charge in [0.05, 0.1) is 4.99 Å². The Kier molecular flexibility index (Phi) is 9.26. The van der Waals surface area contributed by atoms with E-state index in [1.54, 1.807) is 0 Å². The molecule has 0 unspecified atom stereocenters. The van der Waals surface area contributed by atoms with Crippen LogP contribution in [0.25, 0.3) is 0 Å². The third kappa shape index (κ3) is 8.79. The number of carbonyl (C=O) groups is 1. The summed E-state index contributed by atoms with van der Waals surface area (Å²) in [5.41, 5.74) is 1.83. The van der Waals surface area contributed by atoms with Crippen molar-refractivity contribution in [3.05, 3.63) is 24.3 Å². The maximum Gasteiger partial charge on any atom is 0.220 e. The van der Waals surface area contributed by atoms with Gasteiger partial charge in [-0.2, -0.15) is 0 Å². The Hall–Kier alpha value is -1.73. The quantitative estimate of drug-likeness (QED) is 0.418. The Labute approximate surface area is 155 Å². The molecule has 0 saturated carbocycles. The average Bonchev–Trinajstić information content (AvgIpc) is 2.53. The topological polar surface area (TPSA) is 65.2 Å². The highest BCUT2D eigenvalue weighted by Gasteiger charge is 2.06. The van der Waals surface area contributed by atoms with Gasteiger partial charge in [0, 0.05) is 30.9 Å². The van der Waals surface area contributed by atoms with Crippen LogP contribution in [0.5, 0.6) is 0 Å². The summed E-state index contributed by atoms with van der Waals surface area (Å²) in [7, 11) is 0. The molecule has 1 rings (SSSR count). The number of benzene rings is 1. The van der Waals surface area contributed by atoms with Crippen molar-refractivity contribution < 1.29 is 4.79 Å². The second-order valence-corrected chi connectivity index (χ2v) is 6.73. The molecule has 0 radical (unpaired) electrons. The fourth-order valence-corrected chi connectivity index (χ4v) is 2.26. The molecule has 1 aromatic carbocycles. The summed E-state index contributed by atoms with van der Waals surface area (Å²) in [6.45, 7) is 7.13. The van der Waals surface area contributed by atoms with Crippen molar-refractivity contribution >= 4 is 51.8 Å². The van der Waals surface area contributed by atoms with Gasteiger partial charge in [0.15, 0.2) is 5.11 Å². The van der Waals surface area contributed by atoms with Crippen molar-refractivity contribution in [1.82, 2.24) is 10.6 Å². The number of thiocarbonyl (C=S) groups is 2. The van der Waals surface area contributed by atoms with Crippen molar-refractivity contribution in [3.8, 4) is 0 Å². The highest BCUT2D eigenvalue weighted by atomic mass is 32.1. The monoisotopic (exact) mass is 366 g/mol. The SMILES string of the molecule is CC[C@H](C)CC(=O)NCCNC(=S)Nc1ccc(NC(C)=S)cc1. The normalized spacial score (nSPS) is 11.3. The molecule has 0 bridgehead atoms. The van der Waals surface area contributed by atoms with E-state index >= 15 is 0 Å². The number of nitrogens with one attached hydrogen (secondary N) is 4. The fraction of sp³-hybridized carbons (Fsp3) is 0.471. The lowest BCUT2D eigenvalue weighted by Gasteiger charge is -2.12. The highest BCUT2D eigenvalue weighted by molar-refractivity contribution is 7.80. The Morgan fingerprint density at radius 2 is 1.58 bits per heavy atom. The Balaban J connectivity index is 2.24. The van der Waals surface area contributed by atoms with Gasteiger partial charge < -0.3 is 21.3 Å². The third-order valence-electron chi connectivity index (χ3n) is 3.43. The van der Waals surface area contributed by atoms with Gasteiger partial charge in [-0.1, -0.05) is 32.5 Å². The van der Waals surface area contributed by atoms with Crippen LogP contribution < -0.4 is 21.3 Å². The summed E-state index contributed by atoms with van der Waals surface area (Å²) < 4.78 is 0. The summed E-state index contributed by atoms with van der Waals surface area (Å²) >= 11 is 10.2. The van der Waals surface area contributed by atoms with Crippen molar-refractivity contribution in [2.75, 3.05) is 23.7 Å². The van der Waals surface area contributed by atoms with Gasteiger partial charge in [0.2, 0.25) is 5.91 Å². The molecule has 0 aliphatic rings. The van der Waals surface area contributed by atoms with Gasteiger partial charge in [-0.15, -0.1) is 0 Å². The molecule has 0 fully saturated rings. The van der Waals surface area contributed by atoms with Crippen LogP contribution in [0.4, 0.5) is 11.4 Å². The van der Waals surface area contributed by atoms with Gasteiger partial charge in [-0.3, -0.25) is 4.79 Å².